The summed E-state index contributed by atoms with van der Waals surface area (Å²) < 4.78 is 4.97. The Bertz CT molecular complexity index is 311. The second kappa shape index (κ2) is 8.95. The Morgan fingerprint density at radius 2 is 1.85 bits per heavy atom. The summed E-state index contributed by atoms with van der Waals surface area (Å²) in [6, 6.07) is 0. The first kappa shape index (κ1) is 17.0. The Morgan fingerprint density at radius 3 is 2.45 bits per heavy atom. The van der Waals surface area contributed by atoms with E-state index in [0.29, 0.717) is 13.0 Å². The van der Waals surface area contributed by atoms with Gasteiger partial charge in [0.25, 0.3) is 0 Å². The number of carboxylic acids is 1. The standard InChI is InChI=1S/C15H27NO4/c1-20-10-6-2-5-9-16-13(17)11-15(12-14(18)19)7-3-4-8-15/h2-12H2,1H3,(H,16,17)(H,18,19). The van der Waals surface area contributed by atoms with Crippen LogP contribution >= 0.6 is 0 Å². The van der Waals surface area contributed by atoms with E-state index in [-0.39, 0.29) is 17.7 Å². The summed E-state index contributed by atoms with van der Waals surface area (Å²) in [6.45, 7) is 1.43. The SMILES string of the molecule is COCCCCCNC(=O)CC1(CC(=O)O)CCCC1. The van der Waals surface area contributed by atoms with Crippen LogP contribution in [0.15, 0.2) is 0 Å². The van der Waals surface area contributed by atoms with Gasteiger partial charge in [-0.05, 0) is 37.5 Å². The molecule has 0 atom stereocenters. The smallest absolute Gasteiger partial charge is 0.303 e. The van der Waals surface area contributed by atoms with Crippen LogP contribution in [0.1, 0.15) is 57.8 Å². The lowest BCUT2D eigenvalue weighted by atomic mass is 9.79. The van der Waals surface area contributed by atoms with Gasteiger partial charge in [0.15, 0.2) is 0 Å². The number of amides is 1. The largest absolute Gasteiger partial charge is 0.481 e. The number of carboxylic acid groups (broad SMARTS) is 1. The van der Waals surface area contributed by atoms with Gasteiger partial charge >= 0.3 is 5.97 Å². The molecule has 2 N–H and O–H groups in total. The Kier molecular flexibility index (Phi) is 7.59. The summed E-state index contributed by atoms with van der Waals surface area (Å²) in [5, 5.41) is 11.9. The fourth-order valence-corrected chi connectivity index (χ4v) is 3.04. The number of methoxy groups -OCH3 is 1. The molecule has 0 saturated heterocycles. The first-order valence-corrected chi connectivity index (χ1v) is 7.55. The highest BCUT2D eigenvalue weighted by atomic mass is 16.5. The van der Waals surface area contributed by atoms with Crippen molar-refractivity contribution in [3.63, 3.8) is 0 Å². The summed E-state index contributed by atoms with van der Waals surface area (Å²) in [7, 11) is 1.69. The number of ether oxygens (including phenoxy) is 1. The molecule has 1 saturated carbocycles. The summed E-state index contributed by atoms with van der Waals surface area (Å²) in [6.07, 6.45) is 7.27. The van der Waals surface area contributed by atoms with Crippen LogP contribution in [0.3, 0.4) is 0 Å². The quantitative estimate of drug-likeness (QED) is 0.604. The van der Waals surface area contributed by atoms with E-state index in [4.69, 9.17) is 9.84 Å². The molecule has 0 radical (unpaired) electrons. The first-order chi connectivity index (χ1) is 9.58. The average Bonchev–Trinajstić information content (AvgIpc) is 2.80. The van der Waals surface area contributed by atoms with Gasteiger partial charge in [-0.3, -0.25) is 9.59 Å². The number of hydrogen-bond acceptors (Lipinski definition) is 3. The number of aliphatic carboxylic acids is 1. The molecule has 0 unspecified atom stereocenters. The number of carbonyl (C=O) groups is 2. The molecule has 0 aromatic heterocycles. The van der Waals surface area contributed by atoms with E-state index < -0.39 is 5.97 Å². The second-order valence-electron chi connectivity index (χ2n) is 5.86. The van der Waals surface area contributed by atoms with Crippen molar-refractivity contribution in [2.75, 3.05) is 20.3 Å². The maximum absolute atomic E-state index is 11.9. The predicted molar refractivity (Wildman–Crippen MR) is 76.5 cm³/mol. The monoisotopic (exact) mass is 285 g/mol. The van der Waals surface area contributed by atoms with Gasteiger partial charge in [0, 0.05) is 26.7 Å². The van der Waals surface area contributed by atoms with E-state index in [9.17, 15) is 9.59 Å². The maximum Gasteiger partial charge on any atom is 0.303 e. The Morgan fingerprint density at radius 1 is 1.15 bits per heavy atom. The van der Waals surface area contributed by atoms with Gasteiger partial charge < -0.3 is 15.2 Å². The minimum Gasteiger partial charge on any atom is -0.481 e. The van der Waals surface area contributed by atoms with Gasteiger partial charge in [-0.25, -0.2) is 0 Å². The van der Waals surface area contributed by atoms with Crippen molar-refractivity contribution in [2.24, 2.45) is 5.41 Å². The zero-order valence-corrected chi connectivity index (χ0v) is 12.5. The minimum atomic E-state index is -0.792. The van der Waals surface area contributed by atoms with Crippen molar-refractivity contribution in [2.45, 2.75) is 57.8 Å². The van der Waals surface area contributed by atoms with Crippen molar-refractivity contribution in [3.05, 3.63) is 0 Å². The molecule has 0 aromatic rings. The summed E-state index contributed by atoms with van der Waals surface area (Å²) in [4.78, 5) is 22.9. The van der Waals surface area contributed by atoms with Crippen molar-refractivity contribution >= 4 is 11.9 Å². The molecule has 20 heavy (non-hydrogen) atoms. The molecule has 1 fully saturated rings. The van der Waals surface area contributed by atoms with E-state index in [0.717, 1.165) is 51.6 Å². The molecule has 0 heterocycles. The van der Waals surface area contributed by atoms with Gasteiger partial charge in [-0.1, -0.05) is 12.8 Å². The van der Waals surface area contributed by atoms with Crippen molar-refractivity contribution in [1.82, 2.24) is 5.32 Å². The summed E-state index contributed by atoms with van der Waals surface area (Å²) in [5.74, 6) is -0.792. The number of hydrogen-bond donors (Lipinski definition) is 2. The van der Waals surface area contributed by atoms with Crippen molar-refractivity contribution < 1.29 is 19.4 Å². The fourth-order valence-electron chi connectivity index (χ4n) is 3.04. The predicted octanol–water partition coefficient (Wildman–Crippen LogP) is 2.34. The third-order valence-corrected chi connectivity index (χ3v) is 4.07. The molecule has 1 rings (SSSR count). The van der Waals surface area contributed by atoms with E-state index in [1.807, 2.05) is 0 Å². The van der Waals surface area contributed by atoms with Crippen LogP contribution in [-0.2, 0) is 14.3 Å². The lowest BCUT2D eigenvalue weighted by Gasteiger charge is -2.26. The molecule has 5 nitrogen and oxygen atoms in total. The van der Waals surface area contributed by atoms with Gasteiger partial charge in [-0.2, -0.15) is 0 Å². The van der Waals surface area contributed by atoms with Gasteiger partial charge in [0.1, 0.15) is 0 Å². The summed E-state index contributed by atoms with van der Waals surface area (Å²) in [5.41, 5.74) is -0.300. The number of rotatable bonds is 10. The molecule has 1 aliphatic carbocycles. The molecule has 1 aliphatic rings. The van der Waals surface area contributed by atoms with Crippen LogP contribution in [0.4, 0.5) is 0 Å². The molecular formula is C15H27NO4. The van der Waals surface area contributed by atoms with E-state index >= 15 is 0 Å². The zero-order chi connectivity index (χ0) is 14.8. The second-order valence-corrected chi connectivity index (χ2v) is 5.86. The van der Waals surface area contributed by atoms with Gasteiger partial charge in [0.2, 0.25) is 5.91 Å². The molecule has 0 spiro atoms. The molecule has 5 heteroatoms. The lowest BCUT2D eigenvalue weighted by Crippen LogP contribution is -2.32. The fraction of sp³-hybridized carbons (Fsp3) is 0.867. The third-order valence-electron chi connectivity index (χ3n) is 4.07. The van der Waals surface area contributed by atoms with E-state index in [1.54, 1.807) is 7.11 Å². The third kappa shape index (κ3) is 6.37. The number of nitrogens with one attached hydrogen (secondary N) is 1. The highest BCUT2D eigenvalue weighted by molar-refractivity contribution is 5.78. The highest BCUT2D eigenvalue weighted by Crippen LogP contribution is 2.43. The van der Waals surface area contributed by atoms with Crippen molar-refractivity contribution in [3.8, 4) is 0 Å². The maximum atomic E-state index is 11.9. The summed E-state index contributed by atoms with van der Waals surface area (Å²) >= 11 is 0. The van der Waals surface area contributed by atoms with Crippen LogP contribution in [0.25, 0.3) is 0 Å². The van der Waals surface area contributed by atoms with Crippen LogP contribution in [0.5, 0.6) is 0 Å². The Labute approximate surface area is 121 Å². The molecule has 0 aliphatic heterocycles. The van der Waals surface area contributed by atoms with Gasteiger partial charge in [0.05, 0.1) is 6.42 Å². The minimum absolute atomic E-state index is 0.000100. The molecule has 0 bridgehead atoms. The Balaban J connectivity index is 2.23. The van der Waals surface area contributed by atoms with Crippen LogP contribution < -0.4 is 5.32 Å². The van der Waals surface area contributed by atoms with Gasteiger partial charge in [-0.15, -0.1) is 0 Å². The van der Waals surface area contributed by atoms with E-state index in [2.05, 4.69) is 5.32 Å². The number of unbranched alkanes of at least 4 members (excludes halogenated alkanes) is 2. The van der Waals surface area contributed by atoms with Crippen LogP contribution in [0, 0.1) is 5.41 Å². The molecule has 116 valence electrons. The molecule has 0 aromatic carbocycles. The van der Waals surface area contributed by atoms with Crippen LogP contribution in [-0.4, -0.2) is 37.2 Å². The molecule has 1 amide bonds. The normalized spacial score (nSPS) is 17.1. The van der Waals surface area contributed by atoms with Crippen molar-refractivity contribution in [1.29, 1.82) is 0 Å². The lowest BCUT2D eigenvalue weighted by molar-refractivity contribution is -0.140. The Hall–Kier alpha value is -1.10. The molecular weight excluding hydrogens is 258 g/mol. The highest BCUT2D eigenvalue weighted by Gasteiger charge is 2.37. The first-order valence-electron chi connectivity index (χ1n) is 7.55. The zero-order valence-electron chi connectivity index (χ0n) is 12.5. The number of carbonyl (C=O) groups excluding carboxylic acids is 1. The average molecular weight is 285 g/mol. The van der Waals surface area contributed by atoms with E-state index in [1.165, 1.54) is 0 Å². The van der Waals surface area contributed by atoms with Crippen LogP contribution in [0.2, 0.25) is 0 Å². The topological polar surface area (TPSA) is 75.6 Å².